The van der Waals surface area contributed by atoms with Crippen LogP contribution in [-0.4, -0.2) is 39.5 Å². The minimum Gasteiger partial charge on any atom is -0.497 e. The van der Waals surface area contributed by atoms with Crippen LogP contribution in [0.25, 0.3) is 0 Å². The SMILES string of the molecule is COC(=O)/C(C=N)=C(/NCc1ccc(OC)cc1)C(=O)OC. The van der Waals surface area contributed by atoms with Gasteiger partial charge in [0.25, 0.3) is 0 Å². The van der Waals surface area contributed by atoms with E-state index >= 15 is 0 Å². The Kier molecular flexibility index (Phi) is 6.62. The lowest BCUT2D eigenvalue weighted by Gasteiger charge is -2.12. The third kappa shape index (κ3) is 4.34. The molecule has 0 aromatic heterocycles. The molecule has 0 saturated carbocycles. The summed E-state index contributed by atoms with van der Waals surface area (Å²) in [6, 6.07) is 7.17. The van der Waals surface area contributed by atoms with Crippen LogP contribution < -0.4 is 10.1 Å². The molecule has 0 bridgehead atoms. The molecule has 0 fully saturated rings. The Morgan fingerprint density at radius 2 is 1.68 bits per heavy atom. The second-order valence-electron chi connectivity index (χ2n) is 4.12. The van der Waals surface area contributed by atoms with Crippen LogP contribution in [0.3, 0.4) is 0 Å². The standard InChI is InChI=1S/C15H18N2O5/c1-20-11-6-4-10(5-7-11)9-17-13(15(19)22-3)12(8-16)14(18)21-2/h4-8,16-17H,9H2,1-3H3/b13-12+,16-8?. The van der Waals surface area contributed by atoms with Crippen molar-refractivity contribution in [2.75, 3.05) is 21.3 Å². The molecule has 0 unspecified atom stereocenters. The van der Waals surface area contributed by atoms with Crippen LogP contribution in [0.4, 0.5) is 0 Å². The molecule has 0 aliphatic rings. The summed E-state index contributed by atoms with van der Waals surface area (Å²) in [5.41, 5.74) is 0.527. The maximum atomic E-state index is 11.8. The van der Waals surface area contributed by atoms with Crippen LogP contribution in [0.2, 0.25) is 0 Å². The molecule has 0 radical (unpaired) electrons. The average Bonchev–Trinajstić information content (AvgIpc) is 2.57. The molecule has 7 nitrogen and oxygen atoms in total. The summed E-state index contributed by atoms with van der Waals surface area (Å²) in [5, 5.41) is 10.1. The Labute approximate surface area is 128 Å². The number of ether oxygens (including phenoxy) is 3. The molecule has 0 aliphatic heterocycles. The number of benzene rings is 1. The van der Waals surface area contributed by atoms with Crippen molar-refractivity contribution in [2.45, 2.75) is 6.54 Å². The molecule has 1 rings (SSSR count). The van der Waals surface area contributed by atoms with Crippen molar-refractivity contribution in [3.63, 3.8) is 0 Å². The summed E-state index contributed by atoms with van der Waals surface area (Å²) in [6.07, 6.45) is 0.749. The largest absolute Gasteiger partial charge is 0.497 e. The van der Waals surface area contributed by atoms with Crippen LogP contribution in [0.1, 0.15) is 5.56 Å². The average molecular weight is 306 g/mol. The highest BCUT2D eigenvalue weighted by molar-refractivity contribution is 6.14. The maximum Gasteiger partial charge on any atom is 0.355 e. The third-order valence-electron chi connectivity index (χ3n) is 2.84. The van der Waals surface area contributed by atoms with Crippen molar-refractivity contribution >= 4 is 18.2 Å². The number of hydrogen-bond donors (Lipinski definition) is 2. The lowest BCUT2D eigenvalue weighted by atomic mass is 10.2. The van der Waals surface area contributed by atoms with E-state index in [1.807, 2.05) is 12.1 Å². The molecule has 1 aromatic carbocycles. The molecule has 7 heteroatoms. The van der Waals surface area contributed by atoms with E-state index in [9.17, 15) is 9.59 Å². The van der Waals surface area contributed by atoms with Gasteiger partial charge in [0.1, 0.15) is 17.0 Å². The highest BCUT2D eigenvalue weighted by atomic mass is 16.5. The van der Waals surface area contributed by atoms with E-state index in [0.29, 0.717) is 5.75 Å². The number of carbonyl (C=O) groups excluding carboxylic acids is 2. The number of methoxy groups -OCH3 is 3. The maximum absolute atomic E-state index is 11.8. The Morgan fingerprint density at radius 3 is 2.14 bits per heavy atom. The summed E-state index contributed by atoms with van der Waals surface area (Å²) in [6.45, 7) is 0.267. The number of rotatable bonds is 7. The molecule has 2 N–H and O–H groups in total. The number of esters is 2. The highest BCUT2D eigenvalue weighted by Gasteiger charge is 2.20. The van der Waals surface area contributed by atoms with Gasteiger partial charge in [-0.15, -0.1) is 0 Å². The van der Waals surface area contributed by atoms with Gasteiger partial charge in [-0.1, -0.05) is 12.1 Å². The molecule has 1 aromatic rings. The summed E-state index contributed by atoms with van der Waals surface area (Å²) < 4.78 is 14.2. The van der Waals surface area contributed by atoms with E-state index < -0.39 is 11.9 Å². The fraction of sp³-hybridized carbons (Fsp3) is 0.267. The lowest BCUT2D eigenvalue weighted by Crippen LogP contribution is -2.26. The second kappa shape index (κ2) is 8.46. The van der Waals surface area contributed by atoms with Gasteiger partial charge in [-0.25, -0.2) is 9.59 Å². The smallest absolute Gasteiger partial charge is 0.355 e. The topological polar surface area (TPSA) is 97.7 Å². The van der Waals surface area contributed by atoms with E-state index in [4.69, 9.17) is 10.1 Å². The van der Waals surface area contributed by atoms with Gasteiger partial charge in [-0.05, 0) is 17.7 Å². The van der Waals surface area contributed by atoms with E-state index in [-0.39, 0.29) is 17.8 Å². The van der Waals surface area contributed by atoms with Crippen LogP contribution in [0.15, 0.2) is 35.5 Å². The number of carbonyl (C=O) groups is 2. The lowest BCUT2D eigenvalue weighted by molar-refractivity contribution is -0.139. The molecule has 0 atom stereocenters. The zero-order chi connectivity index (χ0) is 16.5. The van der Waals surface area contributed by atoms with E-state index in [0.717, 1.165) is 11.8 Å². The molecule has 0 saturated heterocycles. The molecular formula is C15H18N2O5. The fourth-order valence-corrected chi connectivity index (χ4v) is 1.66. The first kappa shape index (κ1) is 17.2. The minimum atomic E-state index is -0.794. The van der Waals surface area contributed by atoms with E-state index in [2.05, 4.69) is 14.8 Å². The first-order chi connectivity index (χ1) is 10.6. The van der Waals surface area contributed by atoms with Crippen molar-refractivity contribution in [2.24, 2.45) is 0 Å². The monoisotopic (exact) mass is 306 g/mol. The first-order valence-corrected chi connectivity index (χ1v) is 6.35. The molecule has 118 valence electrons. The highest BCUT2D eigenvalue weighted by Crippen LogP contribution is 2.12. The summed E-state index contributed by atoms with van der Waals surface area (Å²) in [4.78, 5) is 23.4. The van der Waals surface area contributed by atoms with Crippen LogP contribution >= 0.6 is 0 Å². The van der Waals surface area contributed by atoms with Gasteiger partial charge in [0.2, 0.25) is 0 Å². The predicted molar refractivity (Wildman–Crippen MR) is 79.7 cm³/mol. The van der Waals surface area contributed by atoms with Crippen LogP contribution in [0.5, 0.6) is 5.75 Å². The third-order valence-corrected chi connectivity index (χ3v) is 2.84. The Morgan fingerprint density at radius 1 is 1.09 bits per heavy atom. The number of hydrogen-bond acceptors (Lipinski definition) is 7. The van der Waals surface area contributed by atoms with Crippen LogP contribution in [-0.2, 0) is 25.6 Å². The predicted octanol–water partition coefficient (Wildman–Crippen LogP) is 1.03. The fourth-order valence-electron chi connectivity index (χ4n) is 1.66. The van der Waals surface area contributed by atoms with Crippen molar-refractivity contribution < 1.29 is 23.8 Å². The van der Waals surface area contributed by atoms with Crippen molar-refractivity contribution in [1.82, 2.24) is 5.32 Å². The summed E-state index contributed by atoms with van der Waals surface area (Å²) >= 11 is 0. The van der Waals surface area contributed by atoms with Gasteiger partial charge in [-0.2, -0.15) is 0 Å². The van der Waals surface area contributed by atoms with Gasteiger partial charge in [0.05, 0.1) is 21.3 Å². The van der Waals surface area contributed by atoms with Gasteiger partial charge in [0.15, 0.2) is 0 Å². The Hall–Kier alpha value is -2.83. The summed E-state index contributed by atoms with van der Waals surface area (Å²) in [7, 11) is 3.93. The summed E-state index contributed by atoms with van der Waals surface area (Å²) in [5.74, 6) is -0.836. The molecule has 0 amide bonds. The molecular weight excluding hydrogens is 288 g/mol. The van der Waals surface area contributed by atoms with E-state index in [1.165, 1.54) is 14.2 Å². The number of nitrogens with one attached hydrogen (secondary N) is 2. The minimum absolute atomic E-state index is 0.125. The van der Waals surface area contributed by atoms with Gasteiger partial charge < -0.3 is 24.9 Å². The van der Waals surface area contributed by atoms with E-state index in [1.54, 1.807) is 19.2 Å². The Bertz CT molecular complexity index is 578. The second-order valence-corrected chi connectivity index (χ2v) is 4.12. The normalized spacial score (nSPS) is 11.0. The van der Waals surface area contributed by atoms with Gasteiger partial charge >= 0.3 is 11.9 Å². The Balaban J connectivity index is 2.98. The first-order valence-electron chi connectivity index (χ1n) is 6.35. The van der Waals surface area contributed by atoms with Crippen molar-refractivity contribution in [3.05, 3.63) is 41.1 Å². The molecule has 0 heterocycles. The van der Waals surface area contributed by atoms with Crippen molar-refractivity contribution in [1.29, 1.82) is 5.41 Å². The zero-order valence-corrected chi connectivity index (χ0v) is 12.6. The van der Waals surface area contributed by atoms with Crippen LogP contribution in [0, 0.1) is 5.41 Å². The molecule has 22 heavy (non-hydrogen) atoms. The molecule has 0 spiro atoms. The van der Waals surface area contributed by atoms with Gasteiger partial charge in [0, 0.05) is 12.8 Å². The van der Waals surface area contributed by atoms with Crippen molar-refractivity contribution in [3.8, 4) is 5.75 Å². The van der Waals surface area contributed by atoms with Gasteiger partial charge in [-0.3, -0.25) is 0 Å². The zero-order valence-electron chi connectivity index (χ0n) is 12.6. The quantitative estimate of drug-likeness (QED) is 0.444. The molecule has 0 aliphatic carbocycles.